The molecule has 4 rings (SSSR count). The van der Waals surface area contributed by atoms with Crippen LogP contribution in [0.3, 0.4) is 0 Å². The molecule has 0 atom stereocenters. The molecule has 1 aliphatic heterocycles. The van der Waals surface area contributed by atoms with Gasteiger partial charge in [-0.2, -0.15) is 0 Å². The monoisotopic (exact) mass is 373 g/mol. The van der Waals surface area contributed by atoms with Crippen LogP contribution in [0.25, 0.3) is 0 Å². The Hall–Kier alpha value is -2.22. The fourth-order valence-electron chi connectivity index (χ4n) is 3.16. The summed E-state index contributed by atoms with van der Waals surface area (Å²) < 4.78 is 7.30. The van der Waals surface area contributed by atoms with Crippen LogP contribution in [-0.4, -0.2) is 64.6 Å². The zero-order valence-corrected chi connectivity index (χ0v) is 15.7. The number of hydrogen-bond acceptors (Lipinski definition) is 6. The summed E-state index contributed by atoms with van der Waals surface area (Å²) in [6.07, 6.45) is 4.15. The van der Waals surface area contributed by atoms with Crippen LogP contribution in [-0.2, 0) is 4.79 Å². The lowest BCUT2D eigenvalue weighted by Crippen LogP contribution is -2.49. The van der Waals surface area contributed by atoms with Gasteiger partial charge >= 0.3 is 0 Å². The standard InChI is InChI=1S/C18H23N5O2S/c1-25-16-6-4-14(5-7-16)21-8-10-22(11-9-21)17(24)12-26-18-20-19-13-23(18)15-2-3-15/h4-7,13,15H,2-3,8-12H2,1H3. The maximum absolute atomic E-state index is 12.5. The van der Waals surface area contributed by atoms with E-state index in [0.717, 1.165) is 37.1 Å². The Morgan fingerprint density at radius 1 is 1.19 bits per heavy atom. The zero-order valence-electron chi connectivity index (χ0n) is 14.9. The van der Waals surface area contributed by atoms with Crippen LogP contribution < -0.4 is 9.64 Å². The van der Waals surface area contributed by atoms with Crippen LogP contribution in [0.4, 0.5) is 5.69 Å². The minimum Gasteiger partial charge on any atom is -0.497 e. The quantitative estimate of drug-likeness (QED) is 0.723. The third kappa shape index (κ3) is 3.80. The Balaban J connectivity index is 1.27. The van der Waals surface area contributed by atoms with Crippen LogP contribution in [0, 0.1) is 0 Å². The van der Waals surface area contributed by atoms with E-state index in [9.17, 15) is 4.79 Å². The highest BCUT2D eigenvalue weighted by atomic mass is 32.2. The Kier molecular flexibility index (Phi) is 5.01. The van der Waals surface area contributed by atoms with Gasteiger partial charge in [0, 0.05) is 37.9 Å². The lowest BCUT2D eigenvalue weighted by molar-refractivity contribution is -0.128. The fraction of sp³-hybridized carbons (Fsp3) is 0.500. The summed E-state index contributed by atoms with van der Waals surface area (Å²) in [5, 5.41) is 8.99. The number of carbonyl (C=O) groups is 1. The molecule has 2 fully saturated rings. The van der Waals surface area contributed by atoms with E-state index in [4.69, 9.17) is 4.74 Å². The molecular formula is C18H23N5O2S. The minimum atomic E-state index is 0.176. The molecule has 0 N–H and O–H groups in total. The number of ether oxygens (including phenoxy) is 1. The molecule has 2 aromatic rings. The number of methoxy groups -OCH3 is 1. The van der Waals surface area contributed by atoms with Crippen LogP contribution in [0.2, 0.25) is 0 Å². The lowest BCUT2D eigenvalue weighted by Gasteiger charge is -2.36. The van der Waals surface area contributed by atoms with Crippen LogP contribution in [0.1, 0.15) is 18.9 Å². The molecule has 26 heavy (non-hydrogen) atoms. The highest BCUT2D eigenvalue weighted by molar-refractivity contribution is 7.99. The maximum Gasteiger partial charge on any atom is 0.233 e. The molecule has 0 radical (unpaired) electrons. The molecule has 8 heteroatoms. The molecule has 1 aromatic heterocycles. The van der Waals surface area contributed by atoms with Crippen molar-refractivity contribution in [3.05, 3.63) is 30.6 Å². The van der Waals surface area contributed by atoms with Crippen LogP contribution in [0.5, 0.6) is 5.75 Å². The Labute approximate surface area is 157 Å². The summed E-state index contributed by atoms with van der Waals surface area (Å²) in [4.78, 5) is 16.8. The average Bonchev–Trinajstić information content (AvgIpc) is 3.44. The predicted molar refractivity (Wildman–Crippen MR) is 101 cm³/mol. The minimum absolute atomic E-state index is 0.176. The Bertz CT molecular complexity index is 751. The molecule has 1 saturated heterocycles. The number of benzene rings is 1. The summed E-state index contributed by atoms with van der Waals surface area (Å²) in [6, 6.07) is 8.61. The van der Waals surface area contributed by atoms with E-state index in [1.807, 2.05) is 17.0 Å². The van der Waals surface area contributed by atoms with Crippen molar-refractivity contribution in [1.82, 2.24) is 19.7 Å². The molecule has 7 nitrogen and oxygen atoms in total. The van der Waals surface area contributed by atoms with Gasteiger partial charge in [-0.15, -0.1) is 10.2 Å². The Morgan fingerprint density at radius 3 is 2.58 bits per heavy atom. The number of nitrogens with zero attached hydrogens (tertiary/aromatic N) is 5. The smallest absolute Gasteiger partial charge is 0.233 e. The highest BCUT2D eigenvalue weighted by Gasteiger charge is 2.27. The van der Waals surface area contributed by atoms with Crippen LogP contribution >= 0.6 is 11.8 Å². The number of anilines is 1. The van der Waals surface area contributed by atoms with Gasteiger partial charge in [0.15, 0.2) is 5.16 Å². The summed E-state index contributed by atoms with van der Waals surface area (Å²) in [7, 11) is 1.67. The normalized spacial score (nSPS) is 17.4. The van der Waals surface area contributed by atoms with Gasteiger partial charge < -0.3 is 19.1 Å². The molecule has 138 valence electrons. The number of aromatic nitrogens is 3. The van der Waals surface area contributed by atoms with Gasteiger partial charge in [-0.25, -0.2) is 0 Å². The SMILES string of the molecule is COc1ccc(N2CCN(C(=O)CSc3nncn3C3CC3)CC2)cc1. The third-order valence-corrected chi connectivity index (χ3v) is 5.82. The van der Waals surface area contributed by atoms with Crippen LogP contribution in [0.15, 0.2) is 35.7 Å². The van der Waals surface area contributed by atoms with E-state index < -0.39 is 0 Å². The van der Waals surface area contributed by atoms with Crippen molar-refractivity contribution in [3.63, 3.8) is 0 Å². The van der Waals surface area contributed by atoms with E-state index in [-0.39, 0.29) is 5.91 Å². The molecule has 2 heterocycles. The molecule has 0 bridgehead atoms. The summed E-state index contributed by atoms with van der Waals surface area (Å²) in [5.74, 6) is 1.46. The van der Waals surface area contributed by atoms with Crippen molar-refractivity contribution in [2.75, 3.05) is 43.9 Å². The first-order valence-electron chi connectivity index (χ1n) is 8.93. The number of amides is 1. The van der Waals surface area contributed by atoms with Crippen molar-refractivity contribution in [2.24, 2.45) is 0 Å². The topological polar surface area (TPSA) is 63.5 Å². The molecule has 0 spiro atoms. The zero-order chi connectivity index (χ0) is 17.9. The van der Waals surface area contributed by atoms with Gasteiger partial charge in [-0.05, 0) is 37.1 Å². The predicted octanol–water partition coefficient (Wildman–Crippen LogP) is 2.06. The summed E-state index contributed by atoms with van der Waals surface area (Å²) in [6.45, 7) is 3.20. The molecule has 1 amide bonds. The van der Waals surface area contributed by atoms with E-state index >= 15 is 0 Å². The van der Waals surface area contributed by atoms with Gasteiger partial charge in [-0.3, -0.25) is 4.79 Å². The van der Waals surface area contributed by atoms with Crippen molar-refractivity contribution in [2.45, 2.75) is 24.0 Å². The number of thioether (sulfide) groups is 1. The molecule has 1 aromatic carbocycles. The molecule has 1 saturated carbocycles. The Morgan fingerprint density at radius 2 is 1.92 bits per heavy atom. The van der Waals surface area contributed by atoms with E-state index in [1.54, 1.807) is 13.4 Å². The van der Waals surface area contributed by atoms with E-state index in [1.165, 1.54) is 30.3 Å². The number of hydrogen-bond donors (Lipinski definition) is 0. The molecule has 2 aliphatic rings. The van der Waals surface area contributed by atoms with Crippen molar-refractivity contribution in [3.8, 4) is 5.75 Å². The van der Waals surface area contributed by atoms with Gasteiger partial charge in [0.05, 0.1) is 12.9 Å². The van der Waals surface area contributed by atoms with Gasteiger partial charge in [0.2, 0.25) is 5.91 Å². The number of piperazine rings is 1. The number of rotatable bonds is 6. The largest absolute Gasteiger partial charge is 0.497 e. The second-order valence-electron chi connectivity index (χ2n) is 6.61. The van der Waals surface area contributed by atoms with Crippen molar-refractivity contribution in [1.29, 1.82) is 0 Å². The first kappa shape index (κ1) is 17.2. The van der Waals surface area contributed by atoms with Crippen molar-refractivity contribution >= 4 is 23.4 Å². The lowest BCUT2D eigenvalue weighted by atomic mass is 10.2. The van der Waals surface area contributed by atoms with Gasteiger partial charge in [0.25, 0.3) is 0 Å². The summed E-state index contributed by atoms with van der Waals surface area (Å²) in [5.41, 5.74) is 1.17. The van der Waals surface area contributed by atoms with Crippen molar-refractivity contribution < 1.29 is 9.53 Å². The average molecular weight is 373 g/mol. The second-order valence-corrected chi connectivity index (χ2v) is 7.55. The van der Waals surface area contributed by atoms with Gasteiger partial charge in [0.1, 0.15) is 12.1 Å². The van der Waals surface area contributed by atoms with E-state index in [2.05, 4.69) is 31.8 Å². The number of carbonyl (C=O) groups excluding carboxylic acids is 1. The molecular weight excluding hydrogens is 350 g/mol. The molecule has 0 unspecified atom stereocenters. The highest BCUT2D eigenvalue weighted by Crippen LogP contribution is 2.37. The third-order valence-electron chi connectivity index (χ3n) is 4.88. The second kappa shape index (κ2) is 7.57. The fourth-order valence-corrected chi connectivity index (χ4v) is 4.05. The van der Waals surface area contributed by atoms with E-state index in [0.29, 0.717) is 11.8 Å². The maximum atomic E-state index is 12.5. The summed E-state index contributed by atoms with van der Waals surface area (Å²) >= 11 is 1.50. The first-order chi connectivity index (χ1) is 12.7. The van der Waals surface area contributed by atoms with Gasteiger partial charge in [-0.1, -0.05) is 11.8 Å². The molecule has 1 aliphatic carbocycles. The first-order valence-corrected chi connectivity index (χ1v) is 9.92.